The molecule has 1 saturated heterocycles. The maximum atomic E-state index is 11.1. The third kappa shape index (κ3) is 3.15. The fraction of sp³-hybridized carbons (Fsp3) is 0.846. The van der Waals surface area contributed by atoms with Crippen LogP contribution in [0.15, 0.2) is 0 Å². The van der Waals surface area contributed by atoms with Crippen molar-refractivity contribution in [3.8, 4) is 0 Å². The van der Waals surface area contributed by atoms with Crippen molar-refractivity contribution in [3.05, 3.63) is 5.82 Å². The summed E-state index contributed by atoms with van der Waals surface area (Å²) in [6.45, 7) is 8.61. The maximum Gasteiger partial charge on any atom is 0.305 e. The highest BCUT2D eigenvalue weighted by atomic mass is 16.5. The van der Waals surface area contributed by atoms with Gasteiger partial charge in [-0.05, 0) is 29.2 Å². The zero-order chi connectivity index (χ0) is 14.9. The number of aromatic nitrogens is 4. The quantitative estimate of drug-likeness (QED) is 0.902. The number of aliphatic carboxylic acids is 1. The van der Waals surface area contributed by atoms with E-state index in [4.69, 9.17) is 9.84 Å². The van der Waals surface area contributed by atoms with Crippen LogP contribution in [0.3, 0.4) is 0 Å². The molecule has 1 fully saturated rings. The monoisotopic (exact) mass is 282 g/mol. The SMILES string of the molecule is CC1CC(c2nnnn2C(CC(=O)O)C(C)(C)C)CO1. The zero-order valence-corrected chi connectivity index (χ0v) is 12.4. The summed E-state index contributed by atoms with van der Waals surface area (Å²) in [5.74, 6) is 0.0246. The molecule has 7 nitrogen and oxygen atoms in total. The van der Waals surface area contributed by atoms with Crippen LogP contribution in [-0.2, 0) is 9.53 Å². The molecule has 7 heteroatoms. The molecule has 2 rings (SSSR count). The number of nitrogens with zero attached hydrogens (tertiary/aromatic N) is 4. The van der Waals surface area contributed by atoms with Gasteiger partial charge in [0.05, 0.1) is 25.2 Å². The summed E-state index contributed by atoms with van der Waals surface area (Å²) in [6.07, 6.45) is 1.06. The highest BCUT2D eigenvalue weighted by Gasteiger charge is 2.35. The summed E-state index contributed by atoms with van der Waals surface area (Å²) in [7, 11) is 0. The minimum Gasteiger partial charge on any atom is -0.481 e. The van der Waals surface area contributed by atoms with Gasteiger partial charge in [0.2, 0.25) is 0 Å². The van der Waals surface area contributed by atoms with Gasteiger partial charge in [-0.2, -0.15) is 0 Å². The second-order valence-corrected chi connectivity index (χ2v) is 6.54. The van der Waals surface area contributed by atoms with E-state index < -0.39 is 5.97 Å². The Labute approximate surface area is 118 Å². The Morgan fingerprint density at radius 1 is 1.55 bits per heavy atom. The van der Waals surface area contributed by atoms with Crippen molar-refractivity contribution in [2.24, 2.45) is 5.41 Å². The van der Waals surface area contributed by atoms with E-state index >= 15 is 0 Å². The van der Waals surface area contributed by atoms with Crippen LogP contribution in [0, 0.1) is 5.41 Å². The summed E-state index contributed by atoms with van der Waals surface area (Å²) in [5.41, 5.74) is -0.242. The second-order valence-electron chi connectivity index (χ2n) is 6.54. The number of tetrazole rings is 1. The standard InChI is InChI=1S/C13H22N4O3/c1-8-5-9(7-20-8)12-14-15-16-17(12)10(6-11(18)19)13(2,3)4/h8-10H,5-7H2,1-4H3,(H,18,19). The third-order valence-corrected chi connectivity index (χ3v) is 3.74. The summed E-state index contributed by atoms with van der Waals surface area (Å²) < 4.78 is 7.25. The van der Waals surface area contributed by atoms with Crippen molar-refractivity contribution in [2.45, 2.75) is 58.6 Å². The average Bonchev–Trinajstić information content (AvgIpc) is 2.92. The predicted molar refractivity (Wildman–Crippen MR) is 71.3 cm³/mol. The Bertz CT molecular complexity index is 480. The van der Waals surface area contributed by atoms with Crippen LogP contribution in [0.4, 0.5) is 0 Å². The molecule has 0 amide bonds. The van der Waals surface area contributed by atoms with Gasteiger partial charge in [-0.1, -0.05) is 20.8 Å². The summed E-state index contributed by atoms with van der Waals surface area (Å²) >= 11 is 0. The fourth-order valence-corrected chi connectivity index (χ4v) is 2.61. The lowest BCUT2D eigenvalue weighted by Crippen LogP contribution is -2.30. The van der Waals surface area contributed by atoms with Crippen molar-refractivity contribution in [3.63, 3.8) is 0 Å². The van der Waals surface area contributed by atoms with Crippen LogP contribution in [0.2, 0.25) is 0 Å². The smallest absolute Gasteiger partial charge is 0.305 e. The Balaban J connectivity index is 2.30. The average molecular weight is 282 g/mol. The minimum absolute atomic E-state index is 0.00463. The first-order chi connectivity index (χ1) is 9.29. The molecule has 3 unspecified atom stereocenters. The first-order valence-electron chi connectivity index (χ1n) is 6.90. The molecule has 0 bridgehead atoms. The maximum absolute atomic E-state index is 11.1. The van der Waals surface area contributed by atoms with Crippen molar-refractivity contribution < 1.29 is 14.6 Å². The molecular weight excluding hydrogens is 260 g/mol. The lowest BCUT2D eigenvalue weighted by atomic mass is 9.84. The molecule has 20 heavy (non-hydrogen) atoms. The molecule has 0 spiro atoms. The van der Waals surface area contributed by atoms with Crippen LogP contribution in [0.25, 0.3) is 0 Å². The van der Waals surface area contributed by atoms with Gasteiger partial charge in [0, 0.05) is 5.92 Å². The molecule has 0 aromatic carbocycles. The normalized spacial score (nSPS) is 24.8. The summed E-state index contributed by atoms with van der Waals surface area (Å²) in [5, 5.41) is 21.0. The van der Waals surface area contributed by atoms with Gasteiger partial charge in [0.25, 0.3) is 0 Å². The molecule has 0 saturated carbocycles. The second kappa shape index (κ2) is 5.47. The van der Waals surface area contributed by atoms with Gasteiger partial charge in [0.15, 0.2) is 5.82 Å². The van der Waals surface area contributed by atoms with Crippen molar-refractivity contribution in [1.82, 2.24) is 20.2 Å². The number of carboxylic acids is 1. The van der Waals surface area contributed by atoms with Gasteiger partial charge >= 0.3 is 5.97 Å². The fourth-order valence-electron chi connectivity index (χ4n) is 2.61. The van der Waals surface area contributed by atoms with E-state index in [2.05, 4.69) is 15.5 Å². The van der Waals surface area contributed by atoms with Crippen molar-refractivity contribution in [1.29, 1.82) is 0 Å². The van der Waals surface area contributed by atoms with E-state index in [-0.39, 0.29) is 29.9 Å². The number of carbonyl (C=O) groups is 1. The van der Waals surface area contributed by atoms with E-state index in [1.54, 1.807) is 4.68 Å². The van der Waals surface area contributed by atoms with E-state index in [9.17, 15) is 4.79 Å². The molecular formula is C13H22N4O3. The van der Waals surface area contributed by atoms with Crippen LogP contribution < -0.4 is 0 Å². The molecule has 1 N–H and O–H groups in total. The minimum atomic E-state index is -0.845. The number of hydrogen-bond donors (Lipinski definition) is 1. The molecule has 0 aliphatic carbocycles. The Morgan fingerprint density at radius 3 is 2.75 bits per heavy atom. The van der Waals surface area contributed by atoms with Crippen molar-refractivity contribution in [2.75, 3.05) is 6.61 Å². The number of ether oxygens (including phenoxy) is 1. The first-order valence-corrected chi connectivity index (χ1v) is 6.90. The third-order valence-electron chi connectivity index (χ3n) is 3.74. The summed E-state index contributed by atoms with van der Waals surface area (Å²) in [4.78, 5) is 11.1. The molecule has 2 heterocycles. The number of carboxylic acid groups (broad SMARTS) is 1. The van der Waals surface area contributed by atoms with Crippen LogP contribution >= 0.6 is 0 Å². The molecule has 1 aliphatic rings. The Morgan fingerprint density at radius 2 is 2.25 bits per heavy atom. The van der Waals surface area contributed by atoms with E-state index in [0.717, 1.165) is 12.2 Å². The van der Waals surface area contributed by atoms with Gasteiger partial charge < -0.3 is 9.84 Å². The van der Waals surface area contributed by atoms with E-state index in [1.165, 1.54) is 0 Å². The predicted octanol–water partition coefficient (Wildman–Crippen LogP) is 1.63. The van der Waals surface area contributed by atoms with Gasteiger partial charge in [-0.25, -0.2) is 4.68 Å². The lowest BCUT2D eigenvalue weighted by Gasteiger charge is -2.30. The molecule has 112 valence electrons. The molecule has 0 radical (unpaired) electrons. The highest BCUT2D eigenvalue weighted by molar-refractivity contribution is 5.67. The van der Waals surface area contributed by atoms with Crippen LogP contribution in [0.1, 0.15) is 58.3 Å². The van der Waals surface area contributed by atoms with E-state index in [1.807, 2.05) is 27.7 Å². The van der Waals surface area contributed by atoms with Crippen LogP contribution in [-0.4, -0.2) is 44.0 Å². The lowest BCUT2D eigenvalue weighted by molar-refractivity contribution is -0.138. The highest BCUT2D eigenvalue weighted by Crippen LogP contribution is 2.36. The first kappa shape index (κ1) is 14.9. The molecule has 3 atom stereocenters. The number of rotatable bonds is 4. The zero-order valence-electron chi connectivity index (χ0n) is 12.4. The Kier molecular flexibility index (Phi) is 4.08. The molecule has 1 aliphatic heterocycles. The molecule has 1 aromatic rings. The topological polar surface area (TPSA) is 90.1 Å². The number of hydrogen-bond acceptors (Lipinski definition) is 5. The van der Waals surface area contributed by atoms with E-state index in [0.29, 0.717) is 6.61 Å². The van der Waals surface area contributed by atoms with Gasteiger partial charge in [-0.3, -0.25) is 4.79 Å². The van der Waals surface area contributed by atoms with Crippen molar-refractivity contribution >= 4 is 5.97 Å². The van der Waals surface area contributed by atoms with Gasteiger partial charge in [0.1, 0.15) is 0 Å². The summed E-state index contributed by atoms with van der Waals surface area (Å²) in [6, 6.07) is -0.277. The Hall–Kier alpha value is -1.50. The molecule has 1 aromatic heterocycles. The largest absolute Gasteiger partial charge is 0.481 e. The van der Waals surface area contributed by atoms with Gasteiger partial charge in [-0.15, -0.1) is 5.10 Å². The van der Waals surface area contributed by atoms with Crippen LogP contribution in [0.5, 0.6) is 0 Å².